The molecule has 29 heavy (non-hydrogen) atoms. The average molecular weight is 410 g/mol. The number of nitro groups is 1. The maximum absolute atomic E-state index is 12.1. The SMILES string of the molecule is O=C(NN=Cc1ccc(OCc2ccc(Cl)cc2)cc1)c1ccccc1[N+](=O)[O-]. The van der Waals surface area contributed by atoms with Crippen molar-refractivity contribution in [1.82, 2.24) is 5.43 Å². The van der Waals surface area contributed by atoms with Gasteiger partial charge in [0.1, 0.15) is 17.9 Å². The number of hydrogen-bond donors (Lipinski definition) is 1. The van der Waals surface area contributed by atoms with Crippen LogP contribution in [-0.4, -0.2) is 17.0 Å². The van der Waals surface area contributed by atoms with Gasteiger partial charge in [-0.3, -0.25) is 14.9 Å². The van der Waals surface area contributed by atoms with Crippen molar-refractivity contribution >= 4 is 29.4 Å². The van der Waals surface area contributed by atoms with Crippen molar-refractivity contribution in [3.8, 4) is 5.75 Å². The molecule has 0 heterocycles. The normalized spacial score (nSPS) is 10.7. The van der Waals surface area contributed by atoms with Gasteiger partial charge >= 0.3 is 0 Å². The first-order valence-corrected chi connectivity index (χ1v) is 8.95. The molecule has 8 heteroatoms. The lowest BCUT2D eigenvalue weighted by atomic mass is 10.2. The molecule has 0 saturated heterocycles. The van der Waals surface area contributed by atoms with E-state index in [-0.39, 0.29) is 11.3 Å². The predicted molar refractivity (Wildman–Crippen MR) is 110 cm³/mol. The first-order valence-electron chi connectivity index (χ1n) is 8.57. The number of hydrazone groups is 1. The number of benzene rings is 3. The van der Waals surface area contributed by atoms with Crippen LogP contribution in [0.3, 0.4) is 0 Å². The second kappa shape index (κ2) is 9.48. The van der Waals surface area contributed by atoms with Gasteiger partial charge in [-0.25, -0.2) is 5.43 Å². The summed E-state index contributed by atoms with van der Waals surface area (Å²) in [6.07, 6.45) is 1.44. The van der Waals surface area contributed by atoms with Crippen molar-refractivity contribution in [2.24, 2.45) is 5.10 Å². The largest absolute Gasteiger partial charge is 0.489 e. The summed E-state index contributed by atoms with van der Waals surface area (Å²) in [6, 6.07) is 20.2. The molecule has 3 aromatic rings. The van der Waals surface area contributed by atoms with Crippen LogP contribution in [0.1, 0.15) is 21.5 Å². The van der Waals surface area contributed by atoms with Gasteiger partial charge in [-0.1, -0.05) is 35.9 Å². The van der Waals surface area contributed by atoms with E-state index in [1.807, 2.05) is 12.1 Å². The third-order valence-electron chi connectivity index (χ3n) is 3.92. The van der Waals surface area contributed by atoms with E-state index in [4.69, 9.17) is 16.3 Å². The van der Waals surface area contributed by atoms with Gasteiger partial charge in [0.25, 0.3) is 11.6 Å². The van der Waals surface area contributed by atoms with Gasteiger partial charge in [0.15, 0.2) is 0 Å². The van der Waals surface area contributed by atoms with Crippen molar-refractivity contribution in [3.05, 3.63) is 105 Å². The molecule has 0 spiro atoms. The Hall–Kier alpha value is -3.71. The van der Waals surface area contributed by atoms with Crippen molar-refractivity contribution in [1.29, 1.82) is 0 Å². The fourth-order valence-electron chi connectivity index (χ4n) is 2.45. The Bertz CT molecular complexity index is 1030. The first kappa shape index (κ1) is 20.0. The summed E-state index contributed by atoms with van der Waals surface area (Å²) in [5.74, 6) is 0.0255. The molecular weight excluding hydrogens is 394 g/mol. The number of carbonyl (C=O) groups is 1. The van der Waals surface area contributed by atoms with Gasteiger partial charge in [-0.15, -0.1) is 0 Å². The molecule has 7 nitrogen and oxygen atoms in total. The lowest BCUT2D eigenvalue weighted by Gasteiger charge is -2.06. The molecule has 3 aromatic carbocycles. The quantitative estimate of drug-likeness (QED) is 0.351. The summed E-state index contributed by atoms with van der Waals surface area (Å²) in [5, 5.41) is 15.5. The third kappa shape index (κ3) is 5.63. The number of nitro benzene ring substituents is 1. The number of halogens is 1. The van der Waals surface area contributed by atoms with E-state index in [0.717, 1.165) is 11.1 Å². The number of amides is 1. The summed E-state index contributed by atoms with van der Waals surface area (Å²) in [5.41, 5.74) is 3.69. The van der Waals surface area contributed by atoms with Crippen LogP contribution in [0.4, 0.5) is 5.69 Å². The lowest BCUT2D eigenvalue weighted by molar-refractivity contribution is -0.385. The average Bonchev–Trinajstić information content (AvgIpc) is 2.74. The molecule has 0 unspecified atom stereocenters. The number of nitrogens with zero attached hydrogens (tertiary/aromatic N) is 2. The van der Waals surface area contributed by atoms with Gasteiger partial charge in [-0.2, -0.15) is 5.10 Å². The van der Waals surface area contributed by atoms with Crippen molar-refractivity contribution in [3.63, 3.8) is 0 Å². The molecule has 0 saturated carbocycles. The second-order valence-electron chi connectivity index (χ2n) is 5.96. The molecule has 0 aliphatic rings. The van der Waals surface area contributed by atoms with Gasteiger partial charge in [-0.05, 0) is 53.6 Å². The Morgan fingerprint density at radius 2 is 1.76 bits per heavy atom. The molecule has 0 aliphatic heterocycles. The number of para-hydroxylation sites is 1. The van der Waals surface area contributed by atoms with Crippen LogP contribution in [-0.2, 0) is 6.61 Å². The van der Waals surface area contributed by atoms with E-state index in [1.54, 1.807) is 42.5 Å². The lowest BCUT2D eigenvalue weighted by Crippen LogP contribution is -2.18. The number of carbonyl (C=O) groups excluding carboxylic acids is 1. The zero-order chi connectivity index (χ0) is 20.6. The van der Waals surface area contributed by atoms with Crippen LogP contribution in [0.25, 0.3) is 0 Å². The molecular formula is C21H16ClN3O4. The minimum atomic E-state index is -0.656. The smallest absolute Gasteiger partial charge is 0.282 e. The zero-order valence-corrected chi connectivity index (χ0v) is 15.9. The van der Waals surface area contributed by atoms with Crippen molar-refractivity contribution in [2.45, 2.75) is 6.61 Å². The van der Waals surface area contributed by atoms with Crippen LogP contribution < -0.4 is 10.2 Å². The number of hydrogen-bond acceptors (Lipinski definition) is 5. The summed E-state index contributed by atoms with van der Waals surface area (Å²) >= 11 is 5.85. The fourth-order valence-corrected chi connectivity index (χ4v) is 2.57. The van der Waals surface area contributed by atoms with Crippen molar-refractivity contribution < 1.29 is 14.5 Å². The molecule has 3 rings (SSSR count). The van der Waals surface area contributed by atoms with Gasteiger partial charge in [0.2, 0.25) is 0 Å². The molecule has 0 aromatic heterocycles. The molecule has 0 fully saturated rings. The first-order chi connectivity index (χ1) is 14.0. The molecule has 1 N–H and O–H groups in total. The molecule has 0 aliphatic carbocycles. The van der Waals surface area contributed by atoms with E-state index < -0.39 is 10.8 Å². The highest BCUT2D eigenvalue weighted by Crippen LogP contribution is 2.17. The maximum Gasteiger partial charge on any atom is 0.282 e. The Morgan fingerprint density at radius 1 is 1.07 bits per heavy atom. The Kier molecular flexibility index (Phi) is 6.55. The Labute approximate surface area is 171 Å². The van der Waals surface area contributed by atoms with Gasteiger partial charge < -0.3 is 4.74 Å². The highest BCUT2D eigenvalue weighted by Gasteiger charge is 2.18. The summed E-state index contributed by atoms with van der Waals surface area (Å²) in [4.78, 5) is 22.5. The molecule has 0 atom stereocenters. The Morgan fingerprint density at radius 3 is 2.45 bits per heavy atom. The van der Waals surface area contributed by atoms with Gasteiger partial charge in [0.05, 0.1) is 11.1 Å². The minimum Gasteiger partial charge on any atom is -0.489 e. The monoisotopic (exact) mass is 409 g/mol. The molecule has 0 bridgehead atoms. The number of nitrogens with one attached hydrogen (secondary N) is 1. The molecule has 146 valence electrons. The highest BCUT2D eigenvalue weighted by molar-refractivity contribution is 6.30. The van der Waals surface area contributed by atoms with E-state index in [9.17, 15) is 14.9 Å². The van der Waals surface area contributed by atoms with Crippen LogP contribution >= 0.6 is 11.6 Å². The topological polar surface area (TPSA) is 93.8 Å². The summed E-state index contributed by atoms with van der Waals surface area (Å²) in [7, 11) is 0. The molecule has 1 amide bonds. The van der Waals surface area contributed by atoms with Crippen LogP contribution in [0.2, 0.25) is 5.02 Å². The third-order valence-corrected chi connectivity index (χ3v) is 4.18. The molecule has 0 radical (unpaired) electrons. The van der Waals surface area contributed by atoms with Crippen LogP contribution in [0.5, 0.6) is 5.75 Å². The van der Waals surface area contributed by atoms with E-state index >= 15 is 0 Å². The van der Waals surface area contributed by atoms with Crippen LogP contribution in [0, 0.1) is 10.1 Å². The number of ether oxygens (including phenoxy) is 1. The standard InChI is InChI=1S/C21H16ClN3O4/c22-17-9-5-16(6-10-17)14-29-18-11-7-15(8-12-18)13-23-24-21(26)19-3-1-2-4-20(19)25(27)28/h1-13H,14H2,(H,24,26). The van der Waals surface area contributed by atoms with E-state index in [2.05, 4.69) is 10.5 Å². The van der Waals surface area contributed by atoms with Crippen LogP contribution in [0.15, 0.2) is 77.9 Å². The van der Waals surface area contributed by atoms with Crippen molar-refractivity contribution in [2.75, 3.05) is 0 Å². The minimum absolute atomic E-state index is 0.0550. The van der Waals surface area contributed by atoms with E-state index in [1.165, 1.54) is 24.4 Å². The fraction of sp³-hybridized carbons (Fsp3) is 0.0476. The zero-order valence-electron chi connectivity index (χ0n) is 15.1. The summed E-state index contributed by atoms with van der Waals surface area (Å²) in [6.45, 7) is 0.413. The maximum atomic E-state index is 12.1. The highest BCUT2D eigenvalue weighted by atomic mass is 35.5. The second-order valence-corrected chi connectivity index (χ2v) is 6.39. The Balaban J connectivity index is 1.55. The number of rotatable bonds is 7. The summed E-state index contributed by atoms with van der Waals surface area (Å²) < 4.78 is 5.70. The predicted octanol–water partition coefficient (Wildman–Crippen LogP) is 4.59. The van der Waals surface area contributed by atoms with Gasteiger partial charge in [0, 0.05) is 11.1 Å². The van der Waals surface area contributed by atoms with E-state index in [0.29, 0.717) is 17.4 Å².